The van der Waals surface area contributed by atoms with Gasteiger partial charge in [-0.05, 0) is 49.2 Å². The van der Waals surface area contributed by atoms with Crippen LogP contribution in [-0.4, -0.2) is 40.0 Å². The van der Waals surface area contributed by atoms with E-state index in [1.165, 1.54) is 12.1 Å². The number of halogens is 1. The third-order valence-corrected chi connectivity index (χ3v) is 5.69. The third-order valence-electron chi connectivity index (χ3n) is 5.69. The second-order valence-electron chi connectivity index (χ2n) is 7.99. The second kappa shape index (κ2) is 8.99. The van der Waals surface area contributed by atoms with Crippen molar-refractivity contribution in [3.8, 4) is 11.3 Å². The standard InChI is InChI=1S/C25H22FN3O4/c26-19-9-3-1-7-17(19)21-11-12-22(33-21)25(31)29(14-16-6-5-13-32-16)15-23-27-20-10-4-2-8-18(20)24(30)28-23/h1-4,7-12,16H,5-6,13-15H2,(H,27,28,30). The van der Waals surface area contributed by atoms with Crippen LogP contribution in [0.15, 0.2) is 69.9 Å². The minimum absolute atomic E-state index is 0.0779. The number of aromatic amines is 1. The molecule has 3 heterocycles. The Bertz CT molecular complexity index is 1360. The van der Waals surface area contributed by atoms with E-state index in [4.69, 9.17) is 9.15 Å². The van der Waals surface area contributed by atoms with Gasteiger partial charge in [0.15, 0.2) is 5.76 Å². The molecule has 7 nitrogen and oxygen atoms in total. The molecule has 4 aromatic rings. The summed E-state index contributed by atoms with van der Waals surface area (Å²) in [6, 6.07) is 16.4. The minimum Gasteiger partial charge on any atom is -0.451 e. The van der Waals surface area contributed by atoms with Gasteiger partial charge in [0.05, 0.1) is 29.1 Å². The Morgan fingerprint density at radius 2 is 1.94 bits per heavy atom. The Morgan fingerprint density at radius 1 is 1.12 bits per heavy atom. The summed E-state index contributed by atoms with van der Waals surface area (Å²) in [5.74, 6) is -0.102. The van der Waals surface area contributed by atoms with Crippen molar-refractivity contribution in [2.75, 3.05) is 13.2 Å². The van der Waals surface area contributed by atoms with Crippen LogP contribution >= 0.6 is 0 Å². The number of nitrogens with one attached hydrogen (secondary N) is 1. The van der Waals surface area contributed by atoms with Crippen LogP contribution in [0.1, 0.15) is 29.2 Å². The number of carbonyl (C=O) groups excluding carboxylic acids is 1. The van der Waals surface area contributed by atoms with Gasteiger partial charge >= 0.3 is 0 Å². The quantitative estimate of drug-likeness (QED) is 0.480. The molecule has 1 atom stereocenters. The summed E-state index contributed by atoms with van der Waals surface area (Å²) in [5, 5.41) is 0.485. The molecule has 8 heteroatoms. The second-order valence-corrected chi connectivity index (χ2v) is 7.99. The molecule has 5 rings (SSSR count). The summed E-state index contributed by atoms with van der Waals surface area (Å²) in [5.41, 5.74) is 0.573. The van der Waals surface area contributed by atoms with Crippen LogP contribution in [-0.2, 0) is 11.3 Å². The van der Waals surface area contributed by atoms with E-state index in [-0.39, 0.29) is 41.2 Å². The zero-order chi connectivity index (χ0) is 22.8. The predicted molar refractivity (Wildman–Crippen MR) is 120 cm³/mol. The van der Waals surface area contributed by atoms with Crippen molar-refractivity contribution in [3.05, 3.63) is 88.4 Å². The summed E-state index contributed by atoms with van der Waals surface area (Å²) in [7, 11) is 0. The molecular formula is C25H22FN3O4. The first-order valence-electron chi connectivity index (χ1n) is 10.8. The van der Waals surface area contributed by atoms with E-state index in [1.807, 2.05) is 0 Å². The number of benzene rings is 2. The van der Waals surface area contributed by atoms with Crippen molar-refractivity contribution in [1.29, 1.82) is 0 Å². The van der Waals surface area contributed by atoms with Gasteiger partial charge in [-0.2, -0.15) is 0 Å². The highest BCUT2D eigenvalue weighted by Crippen LogP contribution is 2.26. The van der Waals surface area contributed by atoms with Crippen LogP contribution in [0, 0.1) is 5.82 Å². The number of amides is 1. The number of ether oxygens (including phenoxy) is 1. The van der Waals surface area contributed by atoms with E-state index < -0.39 is 5.82 Å². The summed E-state index contributed by atoms with van der Waals surface area (Å²) in [6.45, 7) is 1.05. The number of fused-ring (bicyclic) bond motifs is 1. The summed E-state index contributed by atoms with van der Waals surface area (Å²) in [6.07, 6.45) is 1.65. The van der Waals surface area contributed by atoms with Gasteiger partial charge in [0.25, 0.3) is 11.5 Å². The van der Waals surface area contributed by atoms with E-state index in [9.17, 15) is 14.0 Å². The molecule has 1 fully saturated rings. The van der Waals surface area contributed by atoms with E-state index in [1.54, 1.807) is 53.4 Å². The number of para-hydroxylation sites is 1. The predicted octanol–water partition coefficient (Wildman–Crippen LogP) is 4.14. The highest BCUT2D eigenvalue weighted by atomic mass is 19.1. The third kappa shape index (κ3) is 4.42. The number of H-pyrrole nitrogens is 1. The molecule has 0 bridgehead atoms. The molecule has 1 aliphatic heterocycles. The van der Waals surface area contributed by atoms with Crippen LogP contribution in [0.25, 0.3) is 22.2 Å². The normalized spacial score (nSPS) is 15.7. The summed E-state index contributed by atoms with van der Waals surface area (Å²) < 4.78 is 25.6. The zero-order valence-electron chi connectivity index (χ0n) is 17.8. The van der Waals surface area contributed by atoms with Gasteiger partial charge < -0.3 is 19.0 Å². The largest absolute Gasteiger partial charge is 0.451 e. The summed E-state index contributed by atoms with van der Waals surface area (Å²) in [4.78, 5) is 34.7. The van der Waals surface area contributed by atoms with Gasteiger partial charge in [0.2, 0.25) is 0 Å². The van der Waals surface area contributed by atoms with Crippen molar-refractivity contribution in [2.45, 2.75) is 25.5 Å². The molecule has 33 heavy (non-hydrogen) atoms. The molecule has 0 aliphatic carbocycles. The molecule has 1 unspecified atom stereocenters. The van der Waals surface area contributed by atoms with Crippen molar-refractivity contribution in [1.82, 2.24) is 14.9 Å². The molecule has 2 aromatic heterocycles. The number of hydrogen-bond donors (Lipinski definition) is 1. The molecule has 1 saturated heterocycles. The Balaban J connectivity index is 1.45. The van der Waals surface area contributed by atoms with Crippen LogP contribution in [0.3, 0.4) is 0 Å². The van der Waals surface area contributed by atoms with E-state index in [0.29, 0.717) is 29.9 Å². The molecule has 0 saturated carbocycles. The van der Waals surface area contributed by atoms with Crippen LogP contribution in [0.5, 0.6) is 0 Å². The van der Waals surface area contributed by atoms with Crippen molar-refractivity contribution >= 4 is 16.8 Å². The average Bonchev–Trinajstić information content (AvgIpc) is 3.51. The monoisotopic (exact) mass is 447 g/mol. The molecule has 1 N–H and O–H groups in total. The first-order chi connectivity index (χ1) is 16.1. The average molecular weight is 447 g/mol. The number of aromatic nitrogens is 2. The fourth-order valence-electron chi connectivity index (χ4n) is 4.06. The zero-order valence-corrected chi connectivity index (χ0v) is 17.8. The van der Waals surface area contributed by atoms with Gasteiger partial charge in [0, 0.05) is 13.2 Å². The fourth-order valence-corrected chi connectivity index (χ4v) is 4.06. The van der Waals surface area contributed by atoms with Crippen LogP contribution < -0.4 is 5.56 Å². The molecule has 1 amide bonds. The molecule has 0 radical (unpaired) electrons. The lowest BCUT2D eigenvalue weighted by atomic mass is 10.1. The lowest BCUT2D eigenvalue weighted by Gasteiger charge is -2.24. The van der Waals surface area contributed by atoms with Crippen LogP contribution in [0.2, 0.25) is 0 Å². The number of rotatable bonds is 6. The molecule has 168 valence electrons. The SMILES string of the molecule is O=C(c1ccc(-c2ccccc2F)o1)N(Cc1nc2ccccc2c(=O)[nH]1)CC1CCCO1. The maximum Gasteiger partial charge on any atom is 0.290 e. The number of hydrogen-bond acceptors (Lipinski definition) is 5. The minimum atomic E-state index is -0.431. The van der Waals surface area contributed by atoms with Crippen LogP contribution in [0.4, 0.5) is 4.39 Å². The first kappa shape index (κ1) is 21.1. The lowest BCUT2D eigenvalue weighted by Crippen LogP contribution is -2.37. The van der Waals surface area contributed by atoms with Gasteiger partial charge in [-0.25, -0.2) is 9.37 Å². The van der Waals surface area contributed by atoms with E-state index in [2.05, 4.69) is 9.97 Å². The van der Waals surface area contributed by atoms with Gasteiger partial charge in [-0.15, -0.1) is 0 Å². The van der Waals surface area contributed by atoms with E-state index in [0.717, 1.165) is 12.8 Å². The van der Waals surface area contributed by atoms with Gasteiger partial charge in [-0.3, -0.25) is 9.59 Å². The molecular weight excluding hydrogens is 425 g/mol. The first-order valence-corrected chi connectivity index (χ1v) is 10.8. The van der Waals surface area contributed by atoms with Gasteiger partial charge in [-0.1, -0.05) is 24.3 Å². The Morgan fingerprint density at radius 3 is 2.76 bits per heavy atom. The maximum atomic E-state index is 14.2. The maximum absolute atomic E-state index is 14.2. The fraction of sp³-hybridized carbons (Fsp3) is 0.240. The Labute approximate surface area is 188 Å². The topological polar surface area (TPSA) is 88.4 Å². The van der Waals surface area contributed by atoms with Crippen molar-refractivity contribution in [2.24, 2.45) is 0 Å². The molecule has 1 aliphatic rings. The lowest BCUT2D eigenvalue weighted by molar-refractivity contribution is 0.0478. The highest BCUT2D eigenvalue weighted by Gasteiger charge is 2.26. The number of nitrogens with zero attached hydrogens (tertiary/aromatic N) is 2. The molecule has 0 spiro atoms. The summed E-state index contributed by atoms with van der Waals surface area (Å²) >= 11 is 0. The van der Waals surface area contributed by atoms with Crippen molar-refractivity contribution < 1.29 is 18.3 Å². The smallest absolute Gasteiger partial charge is 0.290 e. The molecule has 2 aromatic carbocycles. The number of carbonyl (C=O) groups is 1. The number of furan rings is 1. The van der Waals surface area contributed by atoms with E-state index >= 15 is 0 Å². The Hall–Kier alpha value is -3.78. The van der Waals surface area contributed by atoms with Gasteiger partial charge in [0.1, 0.15) is 17.4 Å². The highest BCUT2D eigenvalue weighted by molar-refractivity contribution is 5.92. The Kier molecular flexibility index (Phi) is 5.75. The van der Waals surface area contributed by atoms with Crippen molar-refractivity contribution in [3.63, 3.8) is 0 Å².